The van der Waals surface area contributed by atoms with E-state index < -0.39 is 0 Å². The number of carbonyl (C=O) groups excluding carboxylic acids is 1. The molecule has 0 aromatic heterocycles. The fraction of sp³-hybridized carbons (Fsp3) is 0.292. The molecule has 1 fully saturated rings. The highest BCUT2D eigenvalue weighted by Gasteiger charge is 2.21. The Morgan fingerprint density at radius 2 is 1.48 bits per heavy atom. The van der Waals surface area contributed by atoms with Gasteiger partial charge in [-0.1, -0.05) is 72.8 Å². The van der Waals surface area contributed by atoms with E-state index in [1.54, 1.807) is 0 Å². The number of hydrogen-bond acceptors (Lipinski definition) is 2. The molecule has 1 saturated heterocycles. The first-order chi connectivity index (χ1) is 13.3. The molecule has 0 bridgehead atoms. The number of hydrogen-bond donors (Lipinski definition) is 0. The maximum Gasteiger partial charge on any atom is 0.222 e. The molecule has 1 aliphatic rings. The Morgan fingerprint density at radius 1 is 0.778 bits per heavy atom. The number of amides is 1. The van der Waals surface area contributed by atoms with Gasteiger partial charge in [-0.05, 0) is 28.3 Å². The monoisotopic (exact) mass is 358 g/mol. The van der Waals surface area contributed by atoms with Gasteiger partial charge in [0.15, 0.2) is 0 Å². The van der Waals surface area contributed by atoms with E-state index in [4.69, 9.17) is 0 Å². The largest absolute Gasteiger partial charge is 0.340 e. The third-order valence-electron chi connectivity index (χ3n) is 5.46. The van der Waals surface area contributed by atoms with Crippen molar-refractivity contribution in [1.82, 2.24) is 9.80 Å². The zero-order valence-electron chi connectivity index (χ0n) is 15.7. The molecule has 138 valence electrons. The molecule has 4 rings (SSSR count). The molecule has 0 radical (unpaired) electrons. The van der Waals surface area contributed by atoms with E-state index in [0.717, 1.165) is 39.1 Å². The Kier molecular flexibility index (Phi) is 5.50. The van der Waals surface area contributed by atoms with Crippen molar-refractivity contribution in [1.29, 1.82) is 0 Å². The van der Waals surface area contributed by atoms with Crippen molar-refractivity contribution < 1.29 is 4.79 Å². The highest BCUT2D eigenvalue weighted by Crippen LogP contribution is 2.20. The first kappa shape index (κ1) is 17.7. The number of nitrogens with zero attached hydrogens (tertiary/aromatic N) is 2. The number of aryl methyl sites for hydroxylation is 1. The average molecular weight is 358 g/mol. The van der Waals surface area contributed by atoms with Gasteiger partial charge in [0.1, 0.15) is 0 Å². The van der Waals surface area contributed by atoms with Crippen LogP contribution in [0.1, 0.15) is 17.5 Å². The molecule has 3 aromatic carbocycles. The molecule has 0 atom stereocenters. The molecule has 27 heavy (non-hydrogen) atoms. The Labute approximate surface area is 161 Å². The molecule has 0 aliphatic carbocycles. The summed E-state index contributed by atoms with van der Waals surface area (Å²) in [6, 6.07) is 25.3. The SMILES string of the molecule is O=C(CCc1cccc2ccccc12)N1CCN(Cc2ccccc2)CC1. The summed E-state index contributed by atoms with van der Waals surface area (Å²) in [5.41, 5.74) is 2.61. The molecule has 0 spiro atoms. The van der Waals surface area contributed by atoms with Gasteiger partial charge < -0.3 is 4.90 Å². The summed E-state index contributed by atoms with van der Waals surface area (Å²) in [7, 11) is 0. The first-order valence-electron chi connectivity index (χ1n) is 9.80. The fourth-order valence-corrected chi connectivity index (χ4v) is 3.91. The van der Waals surface area contributed by atoms with E-state index in [2.05, 4.69) is 77.7 Å². The van der Waals surface area contributed by atoms with Crippen LogP contribution >= 0.6 is 0 Å². The molecule has 0 unspecified atom stereocenters. The lowest BCUT2D eigenvalue weighted by molar-refractivity contribution is -0.132. The summed E-state index contributed by atoms with van der Waals surface area (Å²) in [5, 5.41) is 2.51. The first-order valence-corrected chi connectivity index (χ1v) is 9.80. The van der Waals surface area contributed by atoms with E-state index in [1.807, 2.05) is 4.90 Å². The van der Waals surface area contributed by atoms with Crippen LogP contribution in [0.3, 0.4) is 0 Å². The van der Waals surface area contributed by atoms with Gasteiger partial charge in [-0.25, -0.2) is 0 Å². The maximum absolute atomic E-state index is 12.7. The lowest BCUT2D eigenvalue weighted by atomic mass is 10.0. The van der Waals surface area contributed by atoms with Gasteiger partial charge in [-0.2, -0.15) is 0 Å². The normalized spacial score (nSPS) is 15.2. The quantitative estimate of drug-likeness (QED) is 0.685. The summed E-state index contributed by atoms with van der Waals surface area (Å²) < 4.78 is 0. The topological polar surface area (TPSA) is 23.6 Å². The van der Waals surface area contributed by atoms with E-state index in [0.29, 0.717) is 6.42 Å². The van der Waals surface area contributed by atoms with E-state index >= 15 is 0 Å². The fourth-order valence-electron chi connectivity index (χ4n) is 3.91. The van der Waals surface area contributed by atoms with E-state index in [9.17, 15) is 4.79 Å². The second-order valence-corrected chi connectivity index (χ2v) is 7.28. The van der Waals surface area contributed by atoms with Crippen LogP contribution in [-0.2, 0) is 17.8 Å². The standard InChI is InChI=1S/C24H26N2O/c27-24(14-13-22-11-6-10-21-9-4-5-12-23(21)22)26-17-15-25(16-18-26)19-20-7-2-1-3-8-20/h1-12H,13-19H2. The Morgan fingerprint density at radius 3 is 2.30 bits per heavy atom. The third kappa shape index (κ3) is 4.37. The number of benzene rings is 3. The molecule has 0 saturated carbocycles. The molecule has 3 aromatic rings. The van der Waals surface area contributed by atoms with Crippen LogP contribution in [0.2, 0.25) is 0 Å². The van der Waals surface area contributed by atoms with E-state index in [1.165, 1.54) is 21.9 Å². The number of carbonyl (C=O) groups is 1. The molecule has 3 nitrogen and oxygen atoms in total. The molecule has 1 aliphatic heterocycles. The van der Waals surface area contributed by atoms with Gasteiger partial charge >= 0.3 is 0 Å². The van der Waals surface area contributed by atoms with Gasteiger partial charge in [-0.15, -0.1) is 0 Å². The minimum Gasteiger partial charge on any atom is -0.340 e. The predicted molar refractivity (Wildman–Crippen MR) is 111 cm³/mol. The van der Waals surface area contributed by atoms with Crippen LogP contribution in [0.15, 0.2) is 72.8 Å². The van der Waals surface area contributed by atoms with Gasteiger partial charge in [0, 0.05) is 39.1 Å². The highest BCUT2D eigenvalue weighted by molar-refractivity contribution is 5.86. The maximum atomic E-state index is 12.7. The Bertz CT molecular complexity index is 893. The summed E-state index contributed by atoms with van der Waals surface area (Å²) >= 11 is 0. The van der Waals surface area contributed by atoms with Crippen LogP contribution < -0.4 is 0 Å². The van der Waals surface area contributed by atoms with Crippen LogP contribution in [0.4, 0.5) is 0 Å². The van der Waals surface area contributed by atoms with Crippen molar-refractivity contribution in [3.8, 4) is 0 Å². The molecular formula is C24H26N2O. The Balaban J connectivity index is 1.29. The zero-order chi connectivity index (χ0) is 18.5. The summed E-state index contributed by atoms with van der Waals surface area (Å²) in [4.78, 5) is 17.1. The van der Waals surface area contributed by atoms with Gasteiger partial charge in [0.05, 0.1) is 0 Å². The highest BCUT2D eigenvalue weighted by atomic mass is 16.2. The van der Waals surface area contributed by atoms with Crippen LogP contribution in [0.25, 0.3) is 10.8 Å². The molecule has 3 heteroatoms. The van der Waals surface area contributed by atoms with Crippen LogP contribution in [0.5, 0.6) is 0 Å². The zero-order valence-corrected chi connectivity index (χ0v) is 15.7. The van der Waals surface area contributed by atoms with Crippen molar-refractivity contribution in [2.24, 2.45) is 0 Å². The number of piperazine rings is 1. The van der Waals surface area contributed by atoms with Gasteiger partial charge in [-0.3, -0.25) is 9.69 Å². The lowest BCUT2D eigenvalue weighted by Gasteiger charge is -2.34. The van der Waals surface area contributed by atoms with Crippen LogP contribution in [0, 0.1) is 0 Å². The predicted octanol–water partition coefficient (Wildman–Crippen LogP) is 4.12. The van der Waals surface area contributed by atoms with Crippen molar-refractivity contribution >= 4 is 16.7 Å². The van der Waals surface area contributed by atoms with Crippen molar-refractivity contribution in [2.75, 3.05) is 26.2 Å². The lowest BCUT2D eigenvalue weighted by Crippen LogP contribution is -2.48. The van der Waals surface area contributed by atoms with Crippen molar-refractivity contribution in [2.45, 2.75) is 19.4 Å². The van der Waals surface area contributed by atoms with Crippen LogP contribution in [-0.4, -0.2) is 41.9 Å². The van der Waals surface area contributed by atoms with Gasteiger partial charge in [0.2, 0.25) is 5.91 Å². The summed E-state index contributed by atoms with van der Waals surface area (Å²) in [6.45, 7) is 4.55. The van der Waals surface area contributed by atoms with Crippen molar-refractivity contribution in [3.05, 3.63) is 83.9 Å². The average Bonchev–Trinajstić information content (AvgIpc) is 2.73. The second kappa shape index (κ2) is 8.36. The molecule has 1 amide bonds. The van der Waals surface area contributed by atoms with Gasteiger partial charge in [0.25, 0.3) is 0 Å². The third-order valence-corrected chi connectivity index (χ3v) is 5.46. The summed E-state index contributed by atoms with van der Waals surface area (Å²) in [5.74, 6) is 0.280. The number of rotatable bonds is 5. The minimum atomic E-state index is 0.280. The van der Waals surface area contributed by atoms with E-state index in [-0.39, 0.29) is 5.91 Å². The smallest absolute Gasteiger partial charge is 0.222 e. The Hall–Kier alpha value is -2.65. The van der Waals surface area contributed by atoms with Crippen molar-refractivity contribution in [3.63, 3.8) is 0 Å². The minimum absolute atomic E-state index is 0.280. The molecule has 1 heterocycles. The second-order valence-electron chi connectivity index (χ2n) is 7.28. The summed E-state index contributed by atoms with van der Waals surface area (Å²) in [6.07, 6.45) is 1.40. The molecular weight excluding hydrogens is 332 g/mol. The molecule has 0 N–H and O–H groups in total. The number of fused-ring (bicyclic) bond motifs is 1.